The summed E-state index contributed by atoms with van der Waals surface area (Å²) in [5, 5.41) is 10.1. The molecule has 2 heterocycles. The third kappa shape index (κ3) is 2.18. The van der Waals surface area contributed by atoms with Gasteiger partial charge >= 0.3 is 0 Å². The fraction of sp³-hybridized carbons (Fsp3) is 0.312. The first-order chi connectivity index (χ1) is 9.69. The Balaban J connectivity index is 1.83. The van der Waals surface area contributed by atoms with Crippen LogP contribution in [0.25, 0.3) is 0 Å². The zero-order valence-corrected chi connectivity index (χ0v) is 11.8. The Morgan fingerprint density at radius 1 is 1.25 bits per heavy atom. The number of benzene rings is 1. The Morgan fingerprint density at radius 2 is 2.00 bits per heavy atom. The highest BCUT2D eigenvalue weighted by Crippen LogP contribution is 2.34. The molecule has 0 spiro atoms. The second kappa shape index (κ2) is 5.04. The summed E-state index contributed by atoms with van der Waals surface area (Å²) in [7, 11) is 0. The number of aromatic nitrogens is 1. The van der Waals surface area contributed by atoms with Crippen LogP contribution in [0.5, 0.6) is 11.5 Å². The molecule has 0 atom stereocenters. The number of pyridine rings is 1. The van der Waals surface area contributed by atoms with Crippen molar-refractivity contribution in [2.24, 2.45) is 0 Å². The van der Waals surface area contributed by atoms with E-state index in [-0.39, 0.29) is 0 Å². The van der Waals surface area contributed by atoms with Gasteiger partial charge in [0.25, 0.3) is 0 Å². The van der Waals surface area contributed by atoms with E-state index in [0.717, 1.165) is 35.7 Å². The number of hydrogen-bond donors (Lipinski definition) is 1. The van der Waals surface area contributed by atoms with Crippen LogP contribution in [0.3, 0.4) is 0 Å². The van der Waals surface area contributed by atoms with Crippen LogP contribution in [-0.2, 0) is 13.1 Å². The smallest absolute Gasteiger partial charge is 0.142 e. The lowest BCUT2D eigenvalue weighted by atomic mass is 10.1. The third-order valence-corrected chi connectivity index (χ3v) is 3.65. The molecule has 0 aliphatic carbocycles. The molecular formula is C16H18N2O2. The maximum Gasteiger partial charge on any atom is 0.142 e. The quantitative estimate of drug-likeness (QED) is 0.931. The van der Waals surface area contributed by atoms with Crippen LogP contribution in [-0.4, -0.2) is 16.7 Å². The van der Waals surface area contributed by atoms with Crippen LogP contribution in [0.2, 0.25) is 0 Å². The van der Waals surface area contributed by atoms with Gasteiger partial charge < -0.3 is 14.7 Å². The fourth-order valence-electron chi connectivity index (χ4n) is 2.55. The summed E-state index contributed by atoms with van der Waals surface area (Å²) in [5.41, 5.74) is 3.91. The number of aromatic hydroxyl groups is 1. The van der Waals surface area contributed by atoms with E-state index in [1.807, 2.05) is 44.3 Å². The lowest BCUT2D eigenvalue weighted by Gasteiger charge is -2.18. The lowest BCUT2D eigenvalue weighted by molar-refractivity contribution is 0.340. The second-order valence-corrected chi connectivity index (χ2v) is 4.98. The molecule has 1 aliphatic rings. The summed E-state index contributed by atoms with van der Waals surface area (Å²) in [6.45, 7) is 5.98. The zero-order chi connectivity index (χ0) is 14.1. The minimum absolute atomic E-state index is 0.330. The van der Waals surface area contributed by atoms with Crippen LogP contribution < -0.4 is 9.64 Å². The van der Waals surface area contributed by atoms with Gasteiger partial charge in [-0.25, -0.2) is 0 Å². The Morgan fingerprint density at radius 3 is 2.70 bits per heavy atom. The molecule has 1 aromatic carbocycles. The normalized spacial score (nSPS) is 13.4. The van der Waals surface area contributed by atoms with Gasteiger partial charge in [0.1, 0.15) is 11.5 Å². The Bertz CT molecular complexity index is 623. The molecular weight excluding hydrogens is 252 g/mol. The second-order valence-electron chi connectivity index (χ2n) is 4.98. The van der Waals surface area contributed by atoms with E-state index in [9.17, 15) is 5.11 Å². The third-order valence-electron chi connectivity index (χ3n) is 3.65. The maximum absolute atomic E-state index is 10.1. The predicted octanol–water partition coefficient (Wildman–Crippen LogP) is 3.01. The number of nitrogens with zero attached hydrogens (tertiary/aromatic N) is 2. The first-order valence-corrected chi connectivity index (χ1v) is 6.83. The van der Waals surface area contributed by atoms with Crippen LogP contribution in [0, 0.1) is 6.92 Å². The summed E-state index contributed by atoms with van der Waals surface area (Å²) in [6.07, 6.45) is 1.86. The molecule has 4 nitrogen and oxygen atoms in total. The van der Waals surface area contributed by atoms with Crippen LogP contribution in [0.1, 0.15) is 23.7 Å². The SMILES string of the molecule is CCOc1ccc(N2Cc3cnc(C)c(O)c3C2)cc1. The van der Waals surface area contributed by atoms with Gasteiger partial charge in [-0.2, -0.15) is 0 Å². The van der Waals surface area contributed by atoms with Crippen molar-refractivity contribution in [3.8, 4) is 11.5 Å². The average molecular weight is 270 g/mol. The maximum atomic E-state index is 10.1. The summed E-state index contributed by atoms with van der Waals surface area (Å²) < 4.78 is 5.45. The van der Waals surface area contributed by atoms with E-state index < -0.39 is 0 Å². The first kappa shape index (κ1) is 12.8. The van der Waals surface area contributed by atoms with E-state index in [0.29, 0.717) is 18.1 Å². The topological polar surface area (TPSA) is 45.6 Å². The first-order valence-electron chi connectivity index (χ1n) is 6.83. The van der Waals surface area contributed by atoms with E-state index >= 15 is 0 Å². The van der Waals surface area contributed by atoms with Gasteiger partial charge in [0.15, 0.2) is 0 Å². The van der Waals surface area contributed by atoms with Gasteiger partial charge in [-0.1, -0.05) is 0 Å². The summed E-state index contributed by atoms with van der Waals surface area (Å²) >= 11 is 0. The summed E-state index contributed by atoms with van der Waals surface area (Å²) in [4.78, 5) is 6.44. The number of rotatable bonds is 3. The predicted molar refractivity (Wildman–Crippen MR) is 78.1 cm³/mol. The minimum Gasteiger partial charge on any atom is -0.506 e. The Hall–Kier alpha value is -2.23. The molecule has 1 aromatic heterocycles. The molecule has 20 heavy (non-hydrogen) atoms. The molecule has 0 fully saturated rings. The van der Waals surface area contributed by atoms with Crippen LogP contribution in [0.4, 0.5) is 5.69 Å². The van der Waals surface area contributed by atoms with E-state index in [1.54, 1.807) is 0 Å². The monoisotopic (exact) mass is 270 g/mol. The zero-order valence-electron chi connectivity index (χ0n) is 11.8. The van der Waals surface area contributed by atoms with Crippen LogP contribution in [0.15, 0.2) is 30.5 Å². The number of hydrogen-bond acceptors (Lipinski definition) is 4. The molecule has 0 amide bonds. The van der Waals surface area contributed by atoms with Gasteiger partial charge in [-0.3, -0.25) is 4.98 Å². The number of aryl methyl sites for hydroxylation is 1. The summed E-state index contributed by atoms with van der Waals surface area (Å²) in [5.74, 6) is 1.21. The van der Waals surface area contributed by atoms with Crippen molar-refractivity contribution in [2.75, 3.05) is 11.5 Å². The molecule has 1 N–H and O–H groups in total. The average Bonchev–Trinajstić information content (AvgIpc) is 2.89. The van der Waals surface area contributed by atoms with Crippen molar-refractivity contribution in [3.05, 3.63) is 47.3 Å². The van der Waals surface area contributed by atoms with Gasteiger partial charge in [-0.15, -0.1) is 0 Å². The Kier molecular flexibility index (Phi) is 3.22. The molecule has 0 radical (unpaired) electrons. The van der Waals surface area contributed by atoms with E-state index in [2.05, 4.69) is 9.88 Å². The van der Waals surface area contributed by atoms with Gasteiger partial charge in [0.05, 0.1) is 12.3 Å². The van der Waals surface area contributed by atoms with Gasteiger partial charge in [-0.05, 0) is 43.7 Å². The molecule has 2 aromatic rings. The van der Waals surface area contributed by atoms with Gasteiger partial charge in [0, 0.05) is 30.5 Å². The molecule has 104 valence electrons. The number of anilines is 1. The molecule has 0 saturated carbocycles. The van der Waals surface area contributed by atoms with Crippen molar-refractivity contribution >= 4 is 5.69 Å². The molecule has 4 heteroatoms. The van der Waals surface area contributed by atoms with Crippen molar-refractivity contribution in [3.63, 3.8) is 0 Å². The highest BCUT2D eigenvalue weighted by Gasteiger charge is 2.23. The summed E-state index contributed by atoms with van der Waals surface area (Å²) in [6, 6.07) is 8.05. The van der Waals surface area contributed by atoms with Crippen molar-refractivity contribution in [1.29, 1.82) is 0 Å². The Labute approximate surface area is 118 Å². The largest absolute Gasteiger partial charge is 0.506 e. The van der Waals surface area contributed by atoms with Crippen molar-refractivity contribution in [2.45, 2.75) is 26.9 Å². The van der Waals surface area contributed by atoms with Crippen LogP contribution >= 0.6 is 0 Å². The molecule has 0 bridgehead atoms. The minimum atomic E-state index is 0.330. The molecule has 0 saturated heterocycles. The highest BCUT2D eigenvalue weighted by molar-refractivity contribution is 5.56. The molecule has 0 unspecified atom stereocenters. The highest BCUT2D eigenvalue weighted by atomic mass is 16.5. The fourth-order valence-corrected chi connectivity index (χ4v) is 2.55. The van der Waals surface area contributed by atoms with E-state index in [4.69, 9.17) is 4.74 Å². The lowest BCUT2D eigenvalue weighted by Crippen LogP contribution is -2.14. The van der Waals surface area contributed by atoms with Gasteiger partial charge in [0.2, 0.25) is 0 Å². The standard InChI is InChI=1S/C16H18N2O2/c1-3-20-14-6-4-13(5-7-14)18-9-12-8-17-11(2)16(19)15(12)10-18/h4-8,19H,3,9-10H2,1-2H3. The van der Waals surface area contributed by atoms with Crippen molar-refractivity contribution in [1.82, 2.24) is 4.98 Å². The molecule has 1 aliphatic heterocycles. The van der Waals surface area contributed by atoms with Crippen molar-refractivity contribution < 1.29 is 9.84 Å². The number of fused-ring (bicyclic) bond motifs is 1. The molecule has 3 rings (SSSR count). The number of ether oxygens (including phenoxy) is 1. The van der Waals surface area contributed by atoms with E-state index in [1.165, 1.54) is 0 Å².